The Morgan fingerprint density at radius 3 is 2.58 bits per heavy atom. The Morgan fingerprint density at radius 1 is 1.11 bits per heavy atom. The van der Waals surface area contributed by atoms with Crippen LogP contribution in [0.15, 0.2) is 60.3 Å². The van der Waals surface area contributed by atoms with Crippen molar-refractivity contribution in [1.29, 1.82) is 0 Å². The molecule has 2 nitrogen and oxygen atoms in total. The van der Waals surface area contributed by atoms with Crippen LogP contribution in [0, 0.1) is 5.82 Å². The fourth-order valence-corrected chi connectivity index (χ4v) is 1.55. The third-order valence-corrected chi connectivity index (χ3v) is 2.57. The standard InChI is InChI=1S/C16H14FNO/c1-2-13-6-8-14(9-7-13)12-19-18-11-15-4-3-5-16(17)10-15/h2-11H,1,12H2. The van der Waals surface area contributed by atoms with Gasteiger partial charge in [0.25, 0.3) is 0 Å². The number of oxime groups is 1. The molecule has 19 heavy (non-hydrogen) atoms. The van der Waals surface area contributed by atoms with Crippen LogP contribution in [-0.2, 0) is 11.4 Å². The van der Waals surface area contributed by atoms with E-state index in [9.17, 15) is 4.39 Å². The molecule has 0 heterocycles. The molecule has 0 amide bonds. The van der Waals surface area contributed by atoms with Crippen molar-refractivity contribution in [2.24, 2.45) is 5.16 Å². The molecule has 0 spiro atoms. The van der Waals surface area contributed by atoms with Crippen LogP contribution in [0.3, 0.4) is 0 Å². The van der Waals surface area contributed by atoms with E-state index in [-0.39, 0.29) is 5.82 Å². The molecule has 0 bridgehead atoms. The molecule has 3 heteroatoms. The Bertz CT molecular complexity index is 576. The number of benzene rings is 2. The SMILES string of the molecule is C=Cc1ccc(CON=Cc2cccc(F)c2)cc1. The number of hydrogen-bond acceptors (Lipinski definition) is 2. The van der Waals surface area contributed by atoms with Gasteiger partial charge < -0.3 is 4.84 Å². The molecule has 96 valence electrons. The van der Waals surface area contributed by atoms with Gasteiger partial charge in [0.15, 0.2) is 0 Å². The van der Waals surface area contributed by atoms with Gasteiger partial charge in [-0.25, -0.2) is 4.39 Å². The smallest absolute Gasteiger partial charge is 0.142 e. The van der Waals surface area contributed by atoms with E-state index in [2.05, 4.69) is 11.7 Å². The summed E-state index contributed by atoms with van der Waals surface area (Å²) >= 11 is 0. The Balaban J connectivity index is 1.87. The Kier molecular flexibility index (Phi) is 4.45. The van der Waals surface area contributed by atoms with Crippen LogP contribution in [0.1, 0.15) is 16.7 Å². The Morgan fingerprint density at radius 2 is 1.89 bits per heavy atom. The zero-order valence-corrected chi connectivity index (χ0v) is 10.4. The second-order valence-corrected chi connectivity index (χ2v) is 4.01. The summed E-state index contributed by atoms with van der Waals surface area (Å²) in [5.41, 5.74) is 2.75. The maximum absolute atomic E-state index is 12.9. The van der Waals surface area contributed by atoms with E-state index in [1.807, 2.05) is 24.3 Å². The number of hydrogen-bond donors (Lipinski definition) is 0. The summed E-state index contributed by atoms with van der Waals surface area (Å²) in [5.74, 6) is -0.288. The predicted molar refractivity (Wildman–Crippen MR) is 75.3 cm³/mol. The van der Waals surface area contributed by atoms with Crippen molar-refractivity contribution in [3.05, 3.63) is 77.6 Å². The predicted octanol–water partition coefficient (Wildman–Crippen LogP) is 4.02. The molecule has 0 saturated carbocycles. The maximum atomic E-state index is 12.9. The first kappa shape index (κ1) is 13.0. The van der Waals surface area contributed by atoms with Gasteiger partial charge in [0, 0.05) is 0 Å². The van der Waals surface area contributed by atoms with Crippen molar-refractivity contribution in [2.45, 2.75) is 6.61 Å². The largest absolute Gasteiger partial charge is 0.391 e. The first-order valence-electron chi connectivity index (χ1n) is 5.90. The summed E-state index contributed by atoms with van der Waals surface area (Å²) in [4.78, 5) is 5.16. The molecule has 0 aliphatic heterocycles. The van der Waals surface area contributed by atoms with Gasteiger partial charge >= 0.3 is 0 Å². The number of nitrogens with zero attached hydrogens (tertiary/aromatic N) is 1. The average molecular weight is 255 g/mol. The normalized spacial score (nSPS) is 10.6. The maximum Gasteiger partial charge on any atom is 0.142 e. The highest BCUT2D eigenvalue weighted by Gasteiger charge is 1.93. The van der Waals surface area contributed by atoms with E-state index >= 15 is 0 Å². The van der Waals surface area contributed by atoms with Crippen molar-refractivity contribution in [1.82, 2.24) is 0 Å². The van der Waals surface area contributed by atoms with E-state index in [0.29, 0.717) is 12.2 Å². The second-order valence-electron chi connectivity index (χ2n) is 4.01. The van der Waals surface area contributed by atoms with Gasteiger partial charge in [0.1, 0.15) is 12.4 Å². The van der Waals surface area contributed by atoms with Gasteiger partial charge in [-0.1, -0.05) is 54.2 Å². The van der Waals surface area contributed by atoms with Crippen LogP contribution in [-0.4, -0.2) is 6.21 Å². The summed E-state index contributed by atoms with van der Waals surface area (Å²) in [6, 6.07) is 14.0. The van der Waals surface area contributed by atoms with E-state index in [1.165, 1.54) is 18.3 Å². The first-order valence-corrected chi connectivity index (χ1v) is 5.90. The highest BCUT2D eigenvalue weighted by molar-refractivity contribution is 5.78. The Hall–Kier alpha value is -2.42. The molecule has 0 atom stereocenters. The Labute approximate surface area is 111 Å². The molecule has 2 aromatic carbocycles. The third kappa shape index (κ3) is 4.07. The molecule has 2 rings (SSSR count). The van der Waals surface area contributed by atoms with Gasteiger partial charge in [-0.15, -0.1) is 0 Å². The molecule has 0 unspecified atom stereocenters. The zero-order chi connectivity index (χ0) is 13.5. The second kappa shape index (κ2) is 6.50. The summed E-state index contributed by atoms with van der Waals surface area (Å²) in [6.45, 7) is 4.07. The lowest BCUT2D eigenvalue weighted by atomic mass is 10.1. The van der Waals surface area contributed by atoms with Crippen LogP contribution >= 0.6 is 0 Å². The molecule has 0 aliphatic rings. The molecule has 0 aromatic heterocycles. The van der Waals surface area contributed by atoms with Crippen molar-refractivity contribution < 1.29 is 9.23 Å². The minimum absolute atomic E-state index is 0.288. The average Bonchev–Trinajstić information content (AvgIpc) is 2.44. The molecule has 0 N–H and O–H groups in total. The fourth-order valence-electron chi connectivity index (χ4n) is 1.55. The number of halogens is 1. The van der Waals surface area contributed by atoms with Gasteiger partial charge in [-0.3, -0.25) is 0 Å². The van der Waals surface area contributed by atoms with Crippen molar-refractivity contribution in [2.75, 3.05) is 0 Å². The minimum atomic E-state index is -0.288. The molecular formula is C16H14FNO. The van der Waals surface area contributed by atoms with E-state index in [4.69, 9.17) is 4.84 Å². The van der Waals surface area contributed by atoms with Gasteiger partial charge in [0.2, 0.25) is 0 Å². The topological polar surface area (TPSA) is 21.6 Å². The number of rotatable bonds is 5. The minimum Gasteiger partial charge on any atom is -0.391 e. The first-order chi connectivity index (χ1) is 9.28. The van der Waals surface area contributed by atoms with Crippen molar-refractivity contribution in [3.8, 4) is 0 Å². The highest BCUT2D eigenvalue weighted by atomic mass is 19.1. The molecule has 0 saturated heterocycles. The lowest BCUT2D eigenvalue weighted by molar-refractivity contribution is 0.132. The van der Waals surface area contributed by atoms with Crippen LogP contribution < -0.4 is 0 Å². The van der Waals surface area contributed by atoms with E-state index in [0.717, 1.165) is 11.1 Å². The van der Waals surface area contributed by atoms with Crippen LogP contribution in [0.2, 0.25) is 0 Å². The van der Waals surface area contributed by atoms with Crippen LogP contribution in [0.25, 0.3) is 6.08 Å². The summed E-state index contributed by atoms with van der Waals surface area (Å²) in [5, 5.41) is 3.81. The third-order valence-electron chi connectivity index (χ3n) is 2.57. The van der Waals surface area contributed by atoms with Crippen LogP contribution in [0.5, 0.6) is 0 Å². The summed E-state index contributed by atoms with van der Waals surface area (Å²) in [6.07, 6.45) is 3.27. The van der Waals surface area contributed by atoms with Gasteiger partial charge in [0.05, 0.1) is 6.21 Å². The highest BCUT2D eigenvalue weighted by Crippen LogP contribution is 2.07. The van der Waals surface area contributed by atoms with Gasteiger partial charge in [-0.2, -0.15) is 0 Å². The quantitative estimate of drug-likeness (QED) is 0.584. The fraction of sp³-hybridized carbons (Fsp3) is 0.0625. The molecule has 0 fully saturated rings. The lowest BCUT2D eigenvalue weighted by Gasteiger charge is -2.00. The van der Waals surface area contributed by atoms with E-state index in [1.54, 1.807) is 18.2 Å². The summed E-state index contributed by atoms with van der Waals surface area (Å²) < 4.78 is 12.9. The zero-order valence-electron chi connectivity index (χ0n) is 10.4. The molecule has 2 aromatic rings. The van der Waals surface area contributed by atoms with Crippen molar-refractivity contribution in [3.63, 3.8) is 0 Å². The monoisotopic (exact) mass is 255 g/mol. The van der Waals surface area contributed by atoms with Crippen molar-refractivity contribution >= 4 is 12.3 Å². The van der Waals surface area contributed by atoms with E-state index < -0.39 is 0 Å². The molecule has 0 radical (unpaired) electrons. The van der Waals surface area contributed by atoms with Gasteiger partial charge in [-0.05, 0) is 28.8 Å². The summed E-state index contributed by atoms with van der Waals surface area (Å²) in [7, 11) is 0. The molecule has 0 aliphatic carbocycles. The lowest BCUT2D eigenvalue weighted by Crippen LogP contribution is -1.89. The van der Waals surface area contributed by atoms with Crippen LogP contribution in [0.4, 0.5) is 4.39 Å². The molecular weight excluding hydrogens is 241 g/mol.